The van der Waals surface area contributed by atoms with E-state index in [9.17, 15) is 0 Å². The van der Waals surface area contributed by atoms with Crippen LogP contribution < -0.4 is 5.32 Å². The van der Waals surface area contributed by atoms with Crippen molar-refractivity contribution in [1.82, 2.24) is 15.1 Å². The van der Waals surface area contributed by atoms with Crippen molar-refractivity contribution in [3.8, 4) is 0 Å². The molecule has 0 saturated heterocycles. The quantitative estimate of drug-likeness (QED) is 0.820. The monoisotopic (exact) mass is 209 g/mol. The van der Waals surface area contributed by atoms with Crippen molar-refractivity contribution in [2.24, 2.45) is 13.0 Å². The maximum atomic E-state index is 4.45. The van der Waals surface area contributed by atoms with Crippen LogP contribution in [0.5, 0.6) is 0 Å². The van der Waals surface area contributed by atoms with E-state index in [1.807, 2.05) is 18.8 Å². The predicted octanol–water partition coefficient (Wildman–Crippen LogP) is 1.82. The van der Waals surface area contributed by atoms with Crippen molar-refractivity contribution < 1.29 is 0 Å². The fourth-order valence-corrected chi connectivity index (χ4v) is 2.00. The second kappa shape index (κ2) is 4.79. The topological polar surface area (TPSA) is 29.9 Å². The summed E-state index contributed by atoms with van der Waals surface area (Å²) in [7, 11) is 4.04. The highest BCUT2D eigenvalue weighted by molar-refractivity contribution is 5.25. The minimum Gasteiger partial charge on any atom is -0.316 e. The SMILES string of the molecule is CNC(Cc1c(C)nn(C)c1C)C(C)C. The zero-order valence-corrected chi connectivity index (χ0v) is 10.8. The number of likely N-dealkylation sites (N-methyl/N-ethyl adjacent to an activating group) is 1. The number of rotatable bonds is 4. The van der Waals surface area contributed by atoms with Crippen LogP contribution in [0.3, 0.4) is 0 Å². The molecule has 1 rings (SSSR count). The zero-order valence-electron chi connectivity index (χ0n) is 10.8. The van der Waals surface area contributed by atoms with Gasteiger partial charge in [0.05, 0.1) is 5.69 Å². The molecular weight excluding hydrogens is 186 g/mol. The largest absolute Gasteiger partial charge is 0.316 e. The molecule has 1 heterocycles. The van der Waals surface area contributed by atoms with Gasteiger partial charge in [-0.1, -0.05) is 13.8 Å². The van der Waals surface area contributed by atoms with Crippen LogP contribution in [0.15, 0.2) is 0 Å². The highest BCUT2D eigenvalue weighted by atomic mass is 15.3. The van der Waals surface area contributed by atoms with Gasteiger partial charge in [0, 0.05) is 18.8 Å². The Balaban J connectivity index is 2.88. The molecule has 86 valence electrons. The van der Waals surface area contributed by atoms with Gasteiger partial charge in [-0.05, 0) is 38.8 Å². The van der Waals surface area contributed by atoms with Gasteiger partial charge in [-0.15, -0.1) is 0 Å². The molecule has 0 aromatic carbocycles. The molecule has 0 aliphatic rings. The Morgan fingerprint density at radius 1 is 1.33 bits per heavy atom. The van der Waals surface area contributed by atoms with Gasteiger partial charge in [0.25, 0.3) is 0 Å². The van der Waals surface area contributed by atoms with E-state index in [0.29, 0.717) is 12.0 Å². The molecule has 0 aliphatic heterocycles. The lowest BCUT2D eigenvalue weighted by atomic mass is 9.95. The maximum Gasteiger partial charge on any atom is 0.0628 e. The van der Waals surface area contributed by atoms with E-state index >= 15 is 0 Å². The third kappa shape index (κ3) is 2.59. The Morgan fingerprint density at radius 3 is 2.27 bits per heavy atom. The molecular formula is C12H23N3. The molecule has 0 saturated carbocycles. The molecule has 3 heteroatoms. The predicted molar refractivity (Wildman–Crippen MR) is 64.1 cm³/mol. The minimum atomic E-state index is 0.534. The van der Waals surface area contributed by atoms with Crippen LogP contribution in [0.2, 0.25) is 0 Å². The lowest BCUT2D eigenvalue weighted by molar-refractivity contribution is 0.423. The molecule has 1 N–H and O–H groups in total. The first kappa shape index (κ1) is 12.2. The molecule has 0 fully saturated rings. The lowest BCUT2D eigenvalue weighted by Crippen LogP contribution is -2.33. The molecule has 1 atom stereocenters. The van der Waals surface area contributed by atoms with Gasteiger partial charge in [0.15, 0.2) is 0 Å². The Labute approximate surface area is 92.9 Å². The molecule has 3 nitrogen and oxygen atoms in total. The molecule has 0 radical (unpaired) electrons. The third-order valence-electron chi connectivity index (χ3n) is 3.26. The van der Waals surface area contributed by atoms with Crippen LogP contribution in [-0.4, -0.2) is 22.9 Å². The lowest BCUT2D eigenvalue weighted by Gasteiger charge is -2.20. The molecule has 0 aliphatic carbocycles. The van der Waals surface area contributed by atoms with Gasteiger partial charge in [-0.25, -0.2) is 0 Å². The summed E-state index contributed by atoms with van der Waals surface area (Å²) < 4.78 is 1.97. The van der Waals surface area contributed by atoms with Crippen molar-refractivity contribution in [2.75, 3.05) is 7.05 Å². The fourth-order valence-electron chi connectivity index (χ4n) is 2.00. The summed E-state index contributed by atoms with van der Waals surface area (Å²) in [6, 6.07) is 0.534. The number of hydrogen-bond donors (Lipinski definition) is 1. The van der Waals surface area contributed by atoms with Crippen LogP contribution in [0.1, 0.15) is 30.8 Å². The summed E-state index contributed by atoms with van der Waals surface area (Å²) in [6.07, 6.45) is 1.07. The molecule has 1 aromatic heterocycles. The summed E-state index contributed by atoms with van der Waals surface area (Å²) in [5, 5.41) is 7.82. The Kier molecular flexibility index (Phi) is 3.91. The van der Waals surface area contributed by atoms with Gasteiger partial charge in [-0.3, -0.25) is 4.68 Å². The number of aromatic nitrogens is 2. The van der Waals surface area contributed by atoms with Crippen LogP contribution in [0.4, 0.5) is 0 Å². The van der Waals surface area contributed by atoms with E-state index in [1.165, 1.54) is 11.3 Å². The molecule has 15 heavy (non-hydrogen) atoms. The number of nitrogens with one attached hydrogen (secondary N) is 1. The van der Waals surface area contributed by atoms with Crippen molar-refractivity contribution in [3.63, 3.8) is 0 Å². The van der Waals surface area contributed by atoms with Crippen molar-refractivity contribution in [2.45, 2.75) is 40.2 Å². The van der Waals surface area contributed by atoms with Crippen LogP contribution >= 0.6 is 0 Å². The normalized spacial score (nSPS) is 13.5. The standard InChI is InChI=1S/C12H23N3/c1-8(2)12(13-5)7-11-9(3)14-15(6)10(11)4/h8,12-13H,7H2,1-6H3. The second-order valence-electron chi connectivity index (χ2n) is 4.62. The van der Waals surface area contributed by atoms with Crippen molar-refractivity contribution in [1.29, 1.82) is 0 Å². The first-order valence-corrected chi connectivity index (χ1v) is 5.63. The van der Waals surface area contributed by atoms with E-state index in [4.69, 9.17) is 0 Å². The van der Waals surface area contributed by atoms with E-state index in [2.05, 4.69) is 38.1 Å². The average Bonchev–Trinajstić information content (AvgIpc) is 2.39. The maximum absolute atomic E-state index is 4.45. The van der Waals surface area contributed by atoms with Crippen LogP contribution in [-0.2, 0) is 13.5 Å². The second-order valence-corrected chi connectivity index (χ2v) is 4.62. The van der Waals surface area contributed by atoms with Gasteiger partial charge in [0.1, 0.15) is 0 Å². The average molecular weight is 209 g/mol. The third-order valence-corrected chi connectivity index (χ3v) is 3.26. The fraction of sp³-hybridized carbons (Fsp3) is 0.750. The summed E-state index contributed by atoms with van der Waals surface area (Å²) >= 11 is 0. The van der Waals surface area contributed by atoms with E-state index in [0.717, 1.165) is 12.1 Å². The van der Waals surface area contributed by atoms with Crippen LogP contribution in [0.25, 0.3) is 0 Å². The smallest absolute Gasteiger partial charge is 0.0628 e. The van der Waals surface area contributed by atoms with E-state index in [1.54, 1.807) is 0 Å². The number of nitrogens with zero attached hydrogens (tertiary/aromatic N) is 2. The number of hydrogen-bond acceptors (Lipinski definition) is 2. The van der Waals surface area contributed by atoms with Gasteiger partial charge >= 0.3 is 0 Å². The molecule has 1 unspecified atom stereocenters. The molecule has 0 spiro atoms. The van der Waals surface area contributed by atoms with Crippen molar-refractivity contribution >= 4 is 0 Å². The van der Waals surface area contributed by atoms with Gasteiger partial charge < -0.3 is 5.32 Å². The van der Waals surface area contributed by atoms with E-state index in [-0.39, 0.29) is 0 Å². The number of aryl methyl sites for hydroxylation is 2. The zero-order chi connectivity index (χ0) is 11.6. The first-order valence-electron chi connectivity index (χ1n) is 5.63. The molecule has 0 amide bonds. The Morgan fingerprint density at radius 2 is 1.93 bits per heavy atom. The van der Waals surface area contributed by atoms with E-state index < -0.39 is 0 Å². The molecule has 1 aromatic rings. The highest BCUT2D eigenvalue weighted by Crippen LogP contribution is 2.16. The van der Waals surface area contributed by atoms with Crippen molar-refractivity contribution in [3.05, 3.63) is 17.0 Å². The van der Waals surface area contributed by atoms with Crippen LogP contribution in [0, 0.1) is 19.8 Å². The highest BCUT2D eigenvalue weighted by Gasteiger charge is 2.16. The summed E-state index contributed by atoms with van der Waals surface area (Å²) in [5.74, 6) is 0.647. The Bertz CT molecular complexity index is 326. The molecule has 0 bridgehead atoms. The summed E-state index contributed by atoms with van der Waals surface area (Å²) in [4.78, 5) is 0. The Hall–Kier alpha value is -0.830. The van der Waals surface area contributed by atoms with Gasteiger partial charge in [-0.2, -0.15) is 5.10 Å². The minimum absolute atomic E-state index is 0.534. The summed E-state index contributed by atoms with van der Waals surface area (Å²) in [6.45, 7) is 8.74. The van der Waals surface area contributed by atoms with Gasteiger partial charge in [0.2, 0.25) is 0 Å². The first-order chi connectivity index (χ1) is 6.97. The summed E-state index contributed by atoms with van der Waals surface area (Å²) in [5.41, 5.74) is 3.84.